The lowest BCUT2D eigenvalue weighted by Gasteiger charge is -2.14. The van der Waals surface area contributed by atoms with Crippen molar-refractivity contribution >= 4 is 5.91 Å². The van der Waals surface area contributed by atoms with Crippen molar-refractivity contribution in [1.29, 1.82) is 0 Å². The van der Waals surface area contributed by atoms with Crippen molar-refractivity contribution in [2.45, 2.75) is 32.2 Å². The van der Waals surface area contributed by atoms with Gasteiger partial charge < -0.3 is 10.2 Å². The van der Waals surface area contributed by atoms with Crippen molar-refractivity contribution in [3.63, 3.8) is 0 Å². The van der Waals surface area contributed by atoms with E-state index >= 15 is 0 Å². The van der Waals surface area contributed by atoms with Gasteiger partial charge in [0.1, 0.15) is 0 Å². The maximum absolute atomic E-state index is 11.2. The number of amides is 1. The second-order valence-electron chi connectivity index (χ2n) is 4.28. The highest BCUT2D eigenvalue weighted by molar-refractivity contribution is 5.77. The zero-order valence-electron chi connectivity index (χ0n) is 8.84. The Morgan fingerprint density at radius 3 is 2.62 bits per heavy atom. The van der Waals surface area contributed by atoms with Gasteiger partial charge in [0, 0.05) is 20.1 Å². The van der Waals surface area contributed by atoms with Crippen LogP contribution in [0.5, 0.6) is 0 Å². The third-order valence-electron chi connectivity index (χ3n) is 2.74. The summed E-state index contributed by atoms with van der Waals surface area (Å²) in [7, 11) is 3.59. The summed E-state index contributed by atoms with van der Waals surface area (Å²) in [5, 5.41) is 3.30. The van der Waals surface area contributed by atoms with Gasteiger partial charge in [0.2, 0.25) is 5.91 Å². The molecule has 1 saturated carbocycles. The zero-order valence-corrected chi connectivity index (χ0v) is 8.84. The van der Waals surface area contributed by atoms with E-state index in [4.69, 9.17) is 0 Å². The number of likely N-dealkylation sites (N-methyl/N-ethyl adjacent to an activating group) is 1. The smallest absolute Gasteiger partial charge is 0.236 e. The Hall–Kier alpha value is -0.570. The molecule has 13 heavy (non-hydrogen) atoms. The fourth-order valence-electron chi connectivity index (χ4n) is 1.78. The molecular formula is C10H20N2O. The molecule has 0 aromatic carbocycles. The van der Waals surface area contributed by atoms with Crippen LogP contribution in [0.15, 0.2) is 0 Å². The largest absolute Gasteiger partial charge is 0.348 e. The molecule has 1 amide bonds. The van der Waals surface area contributed by atoms with Crippen molar-refractivity contribution < 1.29 is 4.79 Å². The quantitative estimate of drug-likeness (QED) is 0.705. The van der Waals surface area contributed by atoms with E-state index in [0.29, 0.717) is 12.6 Å². The van der Waals surface area contributed by atoms with E-state index in [2.05, 4.69) is 12.2 Å². The molecule has 2 atom stereocenters. The van der Waals surface area contributed by atoms with Crippen LogP contribution in [0.4, 0.5) is 0 Å². The van der Waals surface area contributed by atoms with E-state index in [0.717, 1.165) is 5.92 Å². The first-order chi connectivity index (χ1) is 6.09. The molecule has 0 radical (unpaired) electrons. The summed E-state index contributed by atoms with van der Waals surface area (Å²) in [5.41, 5.74) is 0. The van der Waals surface area contributed by atoms with Gasteiger partial charge >= 0.3 is 0 Å². The highest BCUT2D eigenvalue weighted by atomic mass is 16.2. The van der Waals surface area contributed by atoms with Crippen LogP contribution in [-0.4, -0.2) is 37.5 Å². The standard InChI is InChI=1S/C10H20N2O/c1-8-4-5-9(6-8)11-7-10(13)12(2)3/h8-9,11H,4-7H2,1-3H3/t8-,9+/m1/s1. The predicted molar refractivity (Wildman–Crippen MR) is 53.5 cm³/mol. The second-order valence-corrected chi connectivity index (χ2v) is 4.28. The normalized spacial score (nSPS) is 27.6. The van der Waals surface area contributed by atoms with E-state index in [1.807, 2.05) is 0 Å². The summed E-state index contributed by atoms with van der Waals surface area (Å²) < 4.78 is 0. The Balaban J connectivity index is 2.16. The Morgan fingerprint density at radius 2 is 2.15 bits per heavy atom. The minimum Gasteiger partial charge on any atom is -0.348 e. The fraction of sp³-hybridized carbons (Fsp3) is 0.900. The molecule has 3 nitrogen and oxygen atoms in total. The second kappa shape index (κ2) is 4.61. The lowest BCUT2D eigenvalue weighted by Crippen LogP contribution is -2.37. The molecule has 0 aromatic rings. The van der Waals surface area contributed by atoms with Crippen LogP contribution in [-0.2, 0) is 4.79 Å². The Morgan fingerprint density at radius 1 is 1.46 bits per heavy atom. The average molecular weight is 184 g/mol. The molecule has 76 valence electrons. The van der Waals surface area contributed by atoms with E-state index in [1.165, 1.54) is 19.3 Å². The number of carbonyl (C=O) groups excluding carboxylic acids is 1. The molecule has 0 saturated heterocycles. The summed E-state index contributed by atoms with van der Waals surface area (Å²) in [4.78, 5) is 12.9. The molecule has 1 rings (SSSR count). The summed E-state index contributed by atoms with van der Waals surface area (Å²) in [5.74, 6) is 0.992. The van der Waals surface area contributed by atoms with Crippen molar-refractivity contribution in [3.8, 4) is 0 Å². The number of hydrogen-bond donors (Lipinski definition) is 1. The average Bonchev–Trinajstić information content (AvgIpc) is 2.47. The first kappa shape index (κ1) is 10.5. The zero-order chi connectivity index (χ0) is 9.84. The molecule has 1 fully saturated rings. The first-order valence-corrected chi connectivity index (χ1v) is 5.03. The van der Waals surface area contributed by atoms with Crippen LogP contribution in [0.3, 0.4) is 0 Å². The molecule has 1 aliphatic rings. The summed E-state index contributed by atoms with van der Waals surface area (Å²) in [6, 6.07) is 0.568. The van der Waals surface area contributed by atoms with Crippen LogP contribution in [0, 0.1) is 5.92 Å². The molecular weight excluding hydrogens is 164 g/mol. The fourth-order valence-corrected chi connectivity index (χ4v) is 1.78. The number of rotatable bonds is 3. The number of nitrogens with zero attached hydrogens (tertiary/aromatic N) is 1. The SMILES string of the molecule is C[C@@H]1CC[C@H](NCC(=O)N(C)C)C1. The third kappa shape index (κ3) is 3.35. The van der Waals surface area contributed by atoms with Crippen LogP contribution in [0.25, 0.3) is 0 Å². The van der Waals surface area contributed by atoms with Crippen molar-refractivity contribution in [3.05, 3.63) is 0 Å². The van der Waals surface area contributed by atoms with E-state index in [-0.39, 0.29) is 5.91 Å². The summed E-state index contributed by atoms with van der Waals surface area (Å²) in [6.07, 6.45) is 3.75. The van der Waals surface area contributed by atoms with Gasteiger partial charge in [-0.05, 0) is 25.2 Å². The van der Waals surface area contributed by atoms with Crippen LogP contribution >= 0.6 is 0 Å². The van der Waals surface area contributed by atoms with E-state index in [9.17, 15) is 4.79 Å². The molecule has 0 bridgehead atoms. The van der Waals surface area contributed by atoms with Gasteiger partial charge in [-0.2, -0.15) is 0 Å². The minimum absolute atomic E-state index is 0.166. The topological polar surface area (TPSA) is 32.3 Å². The van der Waals surface area contributed by atoms with Crippen molar-refractivity contribution in [1.82, 2.24) is 10.2 Å². The van der Waals surface area contributed by atoms with Gasteiger partial charge in [0.15, 0.2) is 0 Å². The van der Waals surface area contributed by atoms with Gasteiger partial charge in [0.25, 0.3) is 0 Å². The minimum atomic E-state index is 0.166. The maximum Gasteiger partial charge on any atom is 0.236 e. The lowest BCUT2D eigenvalue weighted by atomic mass is 10.1. The number of carbonyl (C=O) groups is 1. The molecule has 1 N–H and O–H groups in total. The van der Waals surface area contributed by atoms with Gasteiger partial charge in [-0.15, -0.1) is 0 Å². The predicted octanol–water partition coefficient (Wildman–Crippen LogP) is 0.853. The number of hydrogen-bond acceptors (Lipinski definition) is 2. The molecule has 0 heterocycles. The van der Waals surface area contributed by atoms with Crippen LogP contribution in [0.2, 0.25) is 0 Å². The molecule has 3 heteroatoms. The van der Waals surface area contributed by atoms with Gasteiger partial charge in [-0.3, -0.25) is 4.79 Å². The highest BCUT2D eigenvalue weighted by Crippen LogP contribution is 2.24. The molecule has 0 aromatic heterocycles. The van der Waals surface area contributed by atoms with Crippen LogP contribution < -0.4 is 5.32 Å². The molecule has 0 spiro atoms. The maximum atomic E-state index is 11.2. The molecule has 0 aliphatic heterocycles. The van der Waals surface area contributed by atoms with Crippen molar-refractivity contribution in [2.24, 2.45) is 5.92 Å². The first-order valence-electron chi connectivity index (χ1n) is 5.03. The third-order valence-corrected chi connectivity index (χ3v) is 2.74. The Kier molecular flexibility index (Phi) is 3.72. The van der Waals surface area contributed by atoms with E-state index < -0.39 is 0 Å². The monoisotopic (exact) mass is 184 g/mol. The Labute approximate surface area is 80.5 Å². The van der Waals surface area contributed by atoms with Gasteiger partial charge in [-0.25, -0.2) is 0 Å². The summed E-state index contributed by atoms with van der Waals surface area (Å²) in [6.45, 7) is 2.76. The van der Waals surface area contributed by atoms with Gasteiger partial charge in [-0.1, -0.05) is 6.92 Å². The van der Waals surface area contributed by atoms with E-state index in [1.54, 1.807) is 19.0 Å². The molecule has 1 aliphatic carbocycles. The highest BCUT2D eigenvalue weighted by Gasteiger charge is 2.21. The lowest BCUT2D eigenvalue weighted by molar-refractivity contribution is -0.127. The van der Waals surface area contributed by atoms with Crippen molar-refractivity contribution in [2.75, 3.05) is 20.6 Å². The molecule has 0 unspecified atom stereocenters. The Bertz CT molecular complexity index is 180. The van der Waals surface area contributed by atoms with Crippen LogP contribution in [0.1, 0.15) is 26.2 Å². The number of nitrogens with one attached hydrogen (secondary N) is 1. The summed E-state index contributed by atoms with van der Waals surface area (Å²) >= 11 is 0. The van der Waals surface area contributed by atoms with Gasteiger partial charge in [0.05, 0.1) is 6.54 Å².